The molecule has 8 nitrogen and oxygen atoms in total. The van der Waals surface area contributed by atoms with Gasteiger partial charge >= 0.3 is 11.8 Å². The fourth-order valence-electron chi connectivity index (χ4n) is 2.53. The Balaban J connectivity index is 1.84. The minimum Gasteiger partial charge on any atom is -0.452 e. The van der Waals surface area contributed by atoms with Crippen LogP contribution in [0.2, 0.25) is 5.02 Å². The zero-order valence-electron chi connectivity index (χ0n) is 15.9. The highest BCUT2D eigenvalue weighted by Crippen LogP contribution is 2.24. The standard InChI is InChI=1S/C19H20ClN5O3/c1-11-6-5-7-16(21-11)13(3)23-22-12(2)14-8-9-15(20)17(10-14)25-19(26)28-18(24-25)27-4/h5-10,12,22H,1-4H3. The maximum atomic E-state index is 12.0. The minimum absolute atomic E-state index is 0.136. The highest BCUT2D eigenvalue weighted by atomic mass is 35.5. The second-order valence-electron chi connectivity index (χ2n) is 6.17. The van der Waals surface area contributed by atoms with E-state index in [1.165, 1.54) is 7.11 Å². The number of hydrogen-bond acceptors (Lipinski definition) is 7. The Morgan fingerprint density at radius 2 is 2.14 bits per heavy atom. The van der Waals surface area contributed by atoms with Crippen LogP contribution < -0.4 is 15.9 Å². The van der Waals surface area contributed by atoms with Crippen molar-refractivity contribution in [2.24, 2.45) is 5.10 Å². The van der Waals surface area contributed by atoms with Gasteiger partial charge in [0.15, 0.2) is 0 Å². The molecule has 3 rings (SSSR count). The summed E-state index contributed by atoms with van der Waals surface area (Å²) in [5.41, 5.74) is 6.85. The molecule has 9 heteroatoms. The van der Waals surface area contributed by atoms with Crippen LogP contribution in [0.3, 0.4) is 0 Å². The van der Waals surface area contributed by atoms with Crippen molar-refractivity contribution in [2.75, 3.05) is 7.11 Å². The van der Waals surface area contributed by atoms with Crippen LogP contribution in [0.1, 0.15) is 36.8 Å². The van der Waals surface area contributed by atoms with Crippen molar-refractivity contribution in [3.8, 4) is 11.8 Å². The molecule has 1 atom stereocenters. The second-order valence-corrected chi connectivity index (χ2v) is 6.58. The van der Waals surface area contributed by atoms with Crippen LogP contribution in [0.25, 0.3) is 5.69 Å². The third-order valence-corrected chi connectivity index (χ3v) is 4.41. The van der Waals surface area contributed by atoms with Crippen LogP contribution in [0.5, 0.6) is 6.08 Å². The number of methoxy groups -OCH3 is 1. The number of halogens is 1. The summed E-state index contributed by atoms with van der Waals surface area (Å²) in [4.78, 5) is 16.4. The van der Waals surface area contributed by atoms with Crippen LogP contribution in [-0.4, -0.2) is 27.6 Å². The lowest BCUT2D eigenvalue weighted by Crippen LogP contribution is -2.17. The van der Waals surface area contributed by atoms with Gasteiger partial charge in [0, 0.05) is 5.69 Å². The molecule has 2 heterocycles. The molecule has 0 spiro atoms. The normalized spacial score (nSPS) is 12.7. The molecule has 0 amide bonds. The van der Waals surface area contributed by atoms with E-state index in [0.29, 0.717) is 10.7 Å². The topological polar surface area (TPSA) is 94.5 Å². The number of pyridine rings is 1. The van der Waals surface area contributed by atoms with E-state index < -0.39 is 5.76 Å². The van der Waals surface area contributed by atoms with E-state index in [0.717, 1.165) is 27.3 Å². The van der Waals surface area contributed by atoms with Gasteiger partial charge in [-0.1, -0.05) is 28.8 Å². The number of rotatable bonds is 6. The van der Waals surface area contributed by atoms with Gasteiger partial charge in [-0.05, 0) is 50.6 Å². The highest BCUT2D eigenvalue weighted by molar-refractivity contribution is 6.32. The van der Waals surface area contributed by atoms with Gasteiger partial charge in [-0.25, -0.2) is 4.79 Å². The molecule has 1 unspecified atom stereocenters. The number of nitrogens with zero attached hydrogens (tertiary/aromatic N) is 4. The summed E-state index contributed by atoms with van der Waals surface area (Å²) in [6.07, 6.45) is -0.136. The molecule has 146 valence electrons. The fraction of sp³-hybridized carbons (Fsp3) is 0.263. The Morgan fingerprint density at radius 1 is 1.36 bits per heavy atom. The maximum Gasteiger partial charge on any atom is 0.444 e. The lowest BCUT2D eigenvalue weighted by Gasteiger charge is -2.14. The van der Waals surface area contributed by atoms with Gasteiger partial charge in [-0.15, -0.1) is 0 Å². The van der Waals surface area contributed by atoms with Crippen molar-refractivity contribution in [1.82, 2.24) is 20.2 Å². The molecular formula is C19H20ClN5O3. The number of hydrogen-bond donors (Lipinski definition) is 1. The average molecular weight is 402 g/mol. The monoisotopic (exact) mass is 401 g/mol. The van der Waals surface area contributed by atoms with Crippen molar-refractivity contribution in [3.05, 3.63) is 68.9 Å². The summed E-state index contributed by atoms with van der Waals surface area (Å²) in [7, 11) is 1.36. The smallest absolute Gasteiger partial charge is 0.444 e. The lowest BCUT2D eigenvalue weighted by molar-refractivity contribution is 0.282. The van der Waals surface area contributed by atoms with E-state index in [9.17, 15) is 4.79 Å². The third kappa shape index (κ3) is 4.23. The van der Waals surface area contributed by atoms with E-state index >= 15 is 0 Å². The molecule has 0 saturated carbocycles. The Hall–Kier alpha value is -3.13. The molecule has 1 aromatic carbocycles. The van der Waals surface area contributed by atoms with Gasteiger partial charge in [0.1, 0.15) is 0 Å². The summed E-state index contributed by atoms with van der Waals surface area (Å²) < 4.78 is 10.8. The SMILES string of the molecule is COc1nn(-c2cc(C(C)NN=C(C)c3cccc(C)n3)ccc2Cl)c(=O)o1. The number of hydrazone groups is 1. The molecule has 28 heavy (non-hydrogen) atoms. The summed E-state index contributed by atoms with van der Waals surface area (Å²) >= 11 is 6.24. The van der Waals surface area contributed by atoms with Crippen LogP contribution in [0, 0.1) is 6.92 Å². The first-order valence-corrected chi connectivity index (χ1v) is 8.94. The van der Waals surface area contributed by atoms with E-state index in [1.807, 2.05) is 45.0 Å². The van der Waals surface area contributed by atoms with Gasteiger partial charge in [0.2, 0.25) is 0 Å². The van der Waals surface area contributed by atoms with Crippen molar-refractivity contribution in [3.63, 3.8) is 0 Å². The van der Waals surface area contributed by atoms with E-state index in [4.69, 9.17) is 20.8 Å². The average Bonchev–Trinajstić information content (AvgIpc) is 3.06. The molecule has 3 aromatic rings. The van der Waals surface area contributed by atoms with Gasteiger partial charge < -0.3 is 14.6 Å². The molecule has 0 fully saturated rings. The number of aryl methyl sites for hydroxylation is 1. The number of benzene rings is 1. The van der Waals surface area contributed by atoms with Crippen LogP contribution in [0.15, 0.2) is 50.7 Å². The van der Waals surface area contributed by atoms with Crippen LogP contribution in [0.4, 0.5) is 0 Å². The van der Waals surface area contributed by atoms with Crippen molar-refractivity contribution in [2.45, 2.75) is 26.8 Å². The lowest BCUT2D eigenvalue weighted by atomic mass is 10.1. The van der Waals surface area contributed by atoms with E-state index in [-0.39, 0.29) is 12.1 Å². The highest BCUT2D eigenvalue weighted by Gasteiger charge is 2.15. The predicted molar refractivity (Wildman–Crippen MR) is 106 cm³/mol. The third-order valence-electron chi connectivity index (χ3n) is 4.09. The van der Waals surface area contributed by atoms with Gasteiger partial charge in [0.05, 0.1) is 35.3 Å². The molecule has 1 N–H and O–H groups in total. The predicted octanol–water partition coefficient (Wildman–Crippen LogP) is 3.27. The van der Waals surface area contributed by atoms with Crippen LogP contribution in [-0.2, 0) is 0 Å². The first-order chi connectivity index (χ1) is 13.4. The van der Waals surface area contributed by atoms with Crippen LogP contribution >= 0.6 is 11.6 Å². The second kappa shape index (κ2) is 8.26. The Morgan fingerprint density at radius 3 is 2.82 bits per heavy atom. The summed E-state index contributed by atoms with van der Waals surface area (Å²) in [5, 5.41) is 8.74. The summed E-state index contributed by atoms with van der Waals surface area (Å²) in [5.74, 6) is -0.684. The Bertz CT molecular complexity index is 1070. The first kappa shape index (κ1) is 19.6. The Labute approximate surface area is 166 Å². The van der Waals surface area contributed by atoms with Crippen molar-refractivity contribution >= 4 is 17.3 Å². The molecule has 0 aliphatic carbocycles. The van der Waals surface area contributed by atoms with Crippen molar-refractivity contribution in [1.29, 1.82) is 0 Å². The molecule has 2 aromatic heterocycles. The van der Waals surface area contributed by atoms with Gasteiger partial charge in [0.25, 0.3) is 0 Å². The van der Waals surface area contributed by atoms with Crippen molar-refractivity contribution < 1.29 is 9.15 Å². The zero-order valence-corrected chi connectivity index (χ0v) is 16.7. The zero-order chi connectivity index (χ0) is 20.3. The van der Waals surface area contributed by atoms with E-state index in [1.54, 1.807) is 12.1 Å². The molecule has 0 saturated heterocycles. The maximum absolute atomic E-state index is 12.0. The quantitative estimate of drug-likeness (QED) is 0.503. The largest absolute Gasteiger partial charge is 0.452 e. The molecule has 0 bridgehead atoms. The Kier molecular flexibility index (Phi) is 5.79. The molecule has 0 radical (unpaired) electrons. The number of ether oxygens (including phenoxy) is 1. The minimum atomic E-state index is -0.684. The van der Waals surface area contributed by atoms with E-state index in [2.05, 4.69) is 20.6 Å². The number of aromatic nitrogens is 3. The van der Waals surface area contributed by atoms with Gasteiger partial charge in [-0.3, -0.25) is 4.98 Å². The summed E-state index contributed by atoms with van der Waals surface area (Å²) in [6.45, 7) is 5.76. The fourth-order valence-corrected chi connectivity index (χ4v) is 2.72. The molecule has 0 aliphatic heterocycles. The van der Waals surface area contributed by atoms with Gasteiger partial charge in [-0.2, -0.15) is 9.78 Å². The molecular weight excluding hydrogens is 382 g/mol. The first-order valence-electron chi connectivity index (χ1n) is 8.57. The number of nitrogens with one attached hydrogen (secondary N) is 1. The molecule has 0 aliphatic rings. The summed E-state index contributed by atoms with van der Waals surface area (Å²) in [6, 6.07) is 10.9.